The molecular weight excluding hydrogens is 438 g/mol. The van der Waals surface area contributed by atoms with E-state index in [1.54, 1.807) is 13.0 Å². The van der Waals surface area contributed by atoms with Crippen molar-refractivity contribution in [3.8, 4) is 5.75 Å². The summed E-state index contributed by atoms with van der Waals surface area (Å²) in [6.45, 7) is 7.94. The monoisotopic (exact) mass is 464 g/mol. The first-order chi connectivity index (χ1) is 14.7. The first kappa shape index (κ1) is 23.7. The van der Waals surface area contributed by atoms with Crippen molar-refractivity contribution >= 4 is 27.7 Å². The standard InChI is InChI=1S/C23H26F2N2O4S/c1-13(15-9-18(24)21(19(25)10-15)27-32(5,29)30)26-22(28)16-8-14-6-7-17(23(2,3)4)11-20(14)31-12-16/h6-11,13,27H,12H2,1-5H3,(H,26,28). The van der Waals surface area contributed by atoms with Crippen LogP contribution in [0.2, 0.25) is 0 Å². The summed E-state index contributed by atoms with van der Waals surface area (Å²) >= 11 is 0. The van der Waals surface area contributed by atoms with Gasteiger partial charge in [-0.1, -0.05) is 32.9 Å². The zero-order chi connectivity index (χ0) is 23.8. The van der Waals surface area contributed by atoms with E-state index in [1.807, 2.05) is 22.9 Å². The lowest BCUT2D eigenvalue weighted by molar-refractivity contribution is -0.118. The number of hydrogen-bond donors (Lipinski definition) is 2. The second-order valence-electron chi connectivity index (χ2n) is 8.89. The lowest BCUT2D eigenvalue weighted by Gasteiger charge is -2.24. The fourth-order valence-electron chi connectivity index (χ4n) is 3.26. The lowest BCUT2D eigenvalue weighted by atomic mass is 9.86. The van der Waals surface area contributed by atoms with E-state index in [1.165, 1.54) is 0 Å². The summed E-state index contributed by atoms with van der Waals surface area (Å²) in [5, 5.41) is 2.70. The maximum Gasteiger partial charge on any atom is 0.251 e. The molecule has 1 unspecified atom stereocenters. The SMILES string of the molecule is CC(NC(=O)C1=Cc2ccc(C(C)(C)C)cc2OC1)c1cc(F)c(NS(C)(=O)=O)c(F)c1. The summed E-state index contributed by atoms with van der Waals surface area (Å²) in [4.78, 5) is 12.7. The Morgan fingerprint density at radius 1 is 1.12 bits per heavy atom. The Balaban J connectivity index is 1.77. The molecule has 0 aromatic heterocycles. The molecule has 32 heavy (non-hydrogen) atoms. The van der Waals surface area contributed by atoms with Crippen LogP contribution in [0.15, 0.2) is 35.9 Å². The molecule has 3 rings (SSSR count). The molecule has 2 aromatic rings. The minimum absolute atomic E-state index is 0.0356. The van der Waals surface area contributed by atoms with Gasteiger partial charge in [-0.15, -0.1) is 0 Å². The Hall–Kier alpha value is -2.94. The highest BCUT2D eigenvalue weighted by Crippen LogP contribution is 2.32. The Morgan fingerprint density at radius 3 is 2.31 bits per heavy atom. The Bertz CT molecular complexity index is 1180. The minimum atomic E-state index is -3.85. The first-order valence-corrected chi connectivity index (χ1v) is 11.9. The molecule has 0 bridgehead atoms. The van der Waals surface area contributed by atoms with Crippen LogP contribution in [0.25, 0.3) is 6.08 Å². The Morgan fingerprint density at radius 2 is 1.75 bits per heavy atom. The van der Waals surface area contributed by atoms with Crippen LogP contribution in [-0.2, 0) is 20.2 Å². The molecule has 0 spiro atoms. The van der Waals surface area contributed by atoms with Gasteiger partial charge in [0.25, 0.3) is 5.91 Å². The number of anilines is 1. The van der Waals surface area contributed by atoms with E-state index in [-0.39, 0.29) is 17.6 Å². The predicted molar refractivity (Wildman–Crippen MR) is 120 cm³/mol. The number of carbonyl (C=O) groups is 1. The molecule has 1 aliphatic heterocycles. The van der Waals surface area contributed by atoms with E-state index in [0.29, 0.717) is 11.3 Å². The maximum absolute atomic E-state index is 14.3. The molecular formula is C23H26F2N2O4S. The van der Waals surface area contributed by atoms with Crippen molar-refractivity contribution < 1.29 is 26.7 Å². The van der Waals surface area contributed by atoms with Crippen LogP contribution < -0.4 is 14.8 Å². The molecule has 0 radical (unpaired) electrons. The van der Waals surface area contributed by atoms with E-state index >= 15 is 0 Å². The minimum Gasteiger partial charge on any atom is -0.488 e. The number of ether oxygens (including phenoxy) is 1. The summed E-state index contributed by atoms with van der Waals surface area (Å²) in [6.07, 6.45) is 2.53. The summed E-state index contributed by atoms with van der Waals surface area (Å²) in [6, 6.07) is 7.07. The van der Waals surface area contributed by atoms with Crippen LogP contribution in [0.3, 0.4) is 0 Å². The average molecular weight is 465 g/mol. The van der Waals surface area contributed by atoms with E-state index in [9.17, 15) is 22.0 Å². The van der Waals surface area contributed by atoms with Gasteiger partial charge in [-0.2, -0.15) is 0 Å². The molecule has 2 N–H and O–H groups in total. The van der Waals surface area contributed by atoms with Crippen LogP contribution in [0.1, 0.15) is 50.4 Å². The number of rotatable bonds is 5. The van der Waals surface area contributed by atoms with Crippen molar-refractivity contribution in [1.82, 2.24) is 5.32 Å². The maximum atomic E-state index is 14.3. The van der Waals surface area contributed by atoms with Gasteiger partial charge in [0.05, 0.1) is 17.9 Å². The molecule has 0 saturated carbocycles. The van der Waals surface area contributed by atoms with Crippen molar-refractivity contribution in [2.75, 3.05) is 17.6 Å². The summed E-state index contributed by atoms with van der Waals surface area (Å²) in [5.74, 6) is -1.88. The number of amides is 1. The smallest absolute Gasteiger partial charge is 0.251 e. The van der Waals surface area contributed by atoms with Crippen molar-refractivity contribution in [3.05, 3.63) is 64.2 Å². The second kappa shape index (κ2) is 8.54. The van der Waals surface area contributed by atoms with Gasteiger partial charge < -0.3 is 10.1 Å². The van der Waals surface area contributed by atoms with Crippen LogP contribution >= 0.6 is 0 Å². The molecule has 0 fully saturated rings. The van der Waals surface area contributed by atoms with Gasteiger partial charge >= 0.3 is 0 Å². The molecule has 1 atom stereocenters. The van der Waals surface area contributed by atoms with Gasteiger partial charge in [-0.05, 0) is 47.7 Å². The highest BCUT2D eigenvalue weighted by molar-refractivity contribution is 7.92. The third kappa shape index (κ3) is 5.45. The fourth-order valence-corrected chi connectivity index (χ4v) is 3.83. The number of fused-ring (bicyclic) bond motifs is 1. The Labute approximate surface area is 186 Å². The second-order valence-corrected chi connectivity index (χ2v) is 10.6. The first-order valence-electron chi connectivity index (χ1n) is 10.00. The molecule has 6 nitrogen and oxygen atoms in total. The van der Waals surface area contributed by atoms with Crippen molar-refractivity contribution in [3.63, 3.8) is 0 Å². The number of halogens is 2. The van der Waals surface area contributed by atoms with Crippen LogP contribution in [0.5, 0.6) is 5.75 Å². The van der Waals surface area contributed by atoms with Gasteiger partial charge in [0.15, 0.2) is 11.6 Å². The number of carbonyl (C=O) groups excluding carboxylic acids is 1. The average Bonchev–Trinajstić information content (AvgIpc) is 2.68. The number of benzene rings is 2. The molecule has 172 valence electrons. The van der Waals surface area contributed by atoms with Crippen LogP contribution in [-0.4, -0.2) is 27.2 Å². The molecule has 9 heteroatoms. The largest absolute Gasteiger partial charge is 0.488 e. The molecule has 0 saturated heterocycles. The zero-order valence-electron chi connectivity index (χ0n) is 18.5. The molecule has 1 aliphatic rings. The van der Waals surface area contributed by atoms with Crippen LogP contribution in [0.4, 0.5) is 14.5 Å². The lowest BCUT2D eigenvalue weighted by Crippen LogP contribution is -2.31. The highest BCUT2D eigenvalue weighted by Gasteiger charge is 2.23. The summed E-state index contributed by atoms with van der Waals surface area (Å²) in [5.41, 5.74) is 1.62. The molecule has 1 heterocycles. The van der Waals surface area contributed by atoms with Gasteiger partial charge in [-0.3, -0.25) is 9.52 Å². The topological polar surface area (TPSA) is 84.5 Å². The Kier molecular flexibility index (Phi) is 6.33. The van der Waals surface area contributed by atoms with Gasteiger partial charge in [0.1, 0.15) is 18.0 Å². The zero-order valence-corrected chi connectivity index (χ0v) is 19.4. The summed E-state index contributed by atoms with van der Waals surface area (Å²) < 4.78 is 58.7. The fraction of sp³-hybridized carbons (Fsp3) is 0.348. The normalized spacial score (nSPS) is 14.7. The van der Waals surface area contributed by atoms with E-state index in [2.05, 4.69) is 26.1 Å². The number of nitrogens with one attached hydrogen (secondary N) is 2. The molecule has 1 amide bonds. The van der Waals surface area contributed by atoms with Crippen molar-refractivity contribution in [2.45, 2.75) is 39.2 Å². The van der Waals surface area contributed by atoms with Gasteiger partial charge in [0.2, 0.25) is 10.0 Å². The molecule has 0 aliphatic carbocycles. The van der Waals surface area contributed by atoms with Gasteiger partial charge in [0, 0.05) is 5.56 Å². The molecule has 2 aromatic carbocycles. The predicted octanol–water partition coefficient (Wildman–Crippen LogP) is 4.29. The highest BCUT2D eigenvalue weighted by atomic mass is 32.2. The van der Waals surface area contributed by atoms with E-state index < -0.39 is 39.3 Å². The third-order valence-corrected chi connectivity index (χ3v) is 5.66. The number of hydrogen-bond acceptors (Lipinski definition) is 4. The van der Waals surface area contributed by atoms with Crippen molar-refractivity contribution in [2.24, 2.45) is 0 Å². The van der Waals surface area contributed by atoms with Crippen molar-refractivity contribution in [1.29, 1.82) is 0 Å². The summed E-state index contributed by atoms with van der Waals surface area (Å²) in [7, 11) is -3.85. The number of sulfonamides is 1. The van der Waals surface area contributed by atoms with E-state index in [4.69, 9.17) is 4.74 Å². The van der Waals surface area contributed by atoms with Crippen LogP contribution in [0, 0.1) is 11.6 Å². The van der Waals surface area contributed by atoms with E-state index in [0.717, 1.165) is 29.5 Å². The third-order valence-electron chi connectivity index (χ3n) is 5.08. The van der Waals surface area contributed by atoms with Gasteiger partial charge in [-0.25, -0.2) is 17.2 Å². The quantitative estimate of drug-likeness (QED) is 0.692.